The van der Waals surface area contributed by atoms with E-state index in [2.05, 4.69) is 20.3 Å². The van der Waals surface area contributed by atoms with Crippen molar-refractivity contribution in [1.82, 2.24) is 15.0 Å². The molecule has 0 saturated carbocycles. The number of hydrogen-bond donors (Lipinski definition) is 1. The van der Waals surface area contributed by atoms with Crippen LogP contribution in [-0.4, -0.2) is 36.1 Å². The molecule has 0 aliphatic carbocycles. The Labute approximate surface area is 119 Å². The molecular formula is C13H14F3N5. The van der Waals surface area contributed by atoms with Gasteiger partial charge in [0.05, 0.1) is 5.56 Å². The first-order valence-electron chi connectivity index (χ1n) is 6.10. The summed E-state index contributed by atoms with van der Waals surface area (Å²) in [7, 11) is 5.20. The number of anilines is 2. The number of nitrogens with zero attached hydrogens (tertiary/aromatic N) is 4. The van der Waals surface area contributed by atoms with Gasteiger partial charge in [0, 0.05) is 26.7 Å². The lowest BCUT2D eigenvalue weighted by Gasteiger charge is -2.13. The van der Waals surface area contributed by atoms with Gasteiger partial charge in [-0.05, 0) is 12.1 Å². The Kier molecular flexibility index (Phi) is 3.97. The highest BCUT2D eigenvalue weighted by atomic mass is 19.4. The maximum atomic E-state index is 12.6. The van der Waals surface area contributed by atoms with Gasteiger partial charge in [-0.1, -0.05) is 12.1 Å². The molecule has 1 heterocycles. The second kappa shape index (κ2) is 5.55. The van der Waals surface area contributed by atoms with E-state index in [-0.39, 0.29) is 0 Å². The second-order valence-corrected chi connectivity index (χ2v) is 4.50. The fourth-order valence-corrected chi connectivity index (χ4v) is 1.61. The molecule has 2 rings (SSSR count). The molecular weight excluding hydrogens is 283 g/mol. The number of benzene rings is 1. The second-order valence-electron chi connectivity index (χ2n) is 4.50. The van der Waals surface area contributed by atoms with Crippen LogP contribution in [0.5, 0.6) is 0 Å². The lowest BCUT2D eigenvalue weighted by molar-refractivity contribution is -0.137. The van der Waals surface area contributed by atoms with E-state index in [4.69, 9.17) is 0 Å². The Balaban J connectivity index is 2.44. The summed E-state index contributed by atoms with van der Waals surface area (Å²) in [6.07, 6.45) is -4.36. The first-order chi connectivity index (χ1) is 9.81. The monoisotopic (exact) mass is 297 g/mol. The topological polar surface area (TPSA) is 53.9 Å². The van der Waals surface area contributed by atoms with E-state index in [0.717, 1.165) is 12.1 Å². The highest BCUT2D eigenvalue weighted by Gasteiger charge is 2.30. The van der Waals surface area contributed by atoms with E-state index < -0.39 is 11.7 Å². The first-order valence-corrected chi connectivity index (χ1v) is 6.10. The summed E-state index contributed by atoms with van der Waals surface area (Å²) in [5.74, 6) is 1.08. The SMILES string of the molecule is CNc1nc(-c2ccc(C(F)(F)F)cc2)nc(N(C)C)n1. The van der Waals surface area contributed by atoms with Gasteiger partial charge in [-0.15, -0.1) is 0 Å². The van der Waals surface area contributed by atoms with E-state index in [1.165, 1.54) is 12.1 Å². The molecule has 2 aromatic rings. The highest BCUT2D eigenvalue weighted by Crippen LogP contribution is 2.30. The van der Waals surface area contributed by atoms with Crippen LogP contribution in [0.3, 0.4) is 0 Å². The molecule has 0 atom stereocenters. The van der Waals surface area contributed by atoms with Gasteiger partial charge in [-0.3, -0.25) is 0 Å². The minimum Gasteiger partial charge on any atom is -0.357 e. The van der Waals surface area contributed by atoms with Crippen molar-refractivity contribution in [1.29, 1.82) is 0 Å². The molecule has 5 nitrogen and oxygen atoms in total. The van der Waals surface area contributed by atoms with Crippen molar-refractivity contribution in [3.05, 3.63) is 29.8 Å². The number of nitrogens with one attached hydrogen (secondary N) is 1. The Hall–Kier alpha value is -2.38. The Morgan fingerprint density at radius 1 is 1.00 bits per heavy atom. The third-order valence-corrected chi connectivity index (χ3v) is 2.72. The number of hydrogen-bond acceptors (Lipinski definition) is 5. The molecule has 1 N–H and O–H groups in total. The summed E-state index contributed by atoms with van der Waals surface area (Å²) in [4.78, 5) is 14.2. The molecule has 0 radical (unpaired) electrons. The van der Waals surface area contributed by atoms with E-state index in [1.54, 1.807) is 26.0 Å². The molecule has 0 amide bonds. The van der Waals surface area contributed by atoms with Gasteiger partial charge in [0.15, 0.2) is 5.82 Å². The predicted octanol–water partition coefficient (Wildman–Crippen LogP) is 2.67. The minimum absolute atomic E-state index is 0.312. The van der Waals surface area contributed by atoms with E-state index in [9.17, 15) is 13.2 Å². The fourth-order valence-electron chi connectivity index (χ4n) is 1.61. The maximum Gasteiger partial charge on any atom is 0.416 e. The Morgan fingerprint density at radius 2 is 1.62 bits per heavy atom. The van der Waals surface area contributed by atoms with Gasteiger partial charge in [-0.25, -0.2) is 0 Å². The number of aromatic nitrogens is 3. The number of rotatable bonds is 3. The quantitative estimate of drug-likeness (QED) is 0.944. The van der Waals surface area contributed by atoms with Crippen molar-refractivity contribution in [2.45, 2.75) is 6.18 Å². The van der Waals surface area contributed by atoms with Crippen molar-refractivity contribution >= 4 is 11.9 Å². The summed E-state index contributed by atoms with van der Waals surface area (Å²) < 4.78 is 37.7. The molecule has 0 spiro atoms. The van der Waals surface area contributed by atoms with E-state index in [1.807, 2.05) is 0 Å². The lowest BCUT2D eigenvalue weighted by Crippen LogP contribution is -2.15. The van der Waals surface area contributed by atoms with Crippen LogP contribution in [0.4, 0.5) is 25.1 Å². The van der Waals surface area contributed by atoms with Gasteiger partial charge < -0.3 is 10.2 Å². The summed E-state index contributed by atoms with van der Waals surface area (Å²) >= 11 is 0. The van der Waals surface area contributed by atoms with Crippen molar-refractivity contribution in [3.63, 3.8) is 0 Å². The van der Waals surface area contributed by atoms with Gasteiger partial charge in [0.2, 0.25) is 11.9 Å². The standard InChI is InChI=1S/C13H14F3N5/c1-17-11-18-10(19-12(20-11)21(2)3)8-4-6-9(7-5-8)13(14,15)16/h4-7H,1-3H3,(H,17,18,19,20). The van der Waals surface area contributed by atoms with Crippen LogP contribution in [-0.2, 0) is 6.18 Å². The largest absolute Gasteiger partial charge is 0.416 e. The van der Waals surface area contributed by atoms with Crippen LogP contribution in [0.2, 0.25) is 0 Å². The lowest BCUT2D eigenvalue weighted by atomic mass is 10.1. The van der Waals surface area contributed by atoms with Crippen LogP contribution < -0.4 is 10.2 Å². The van der Waals surface area contributed by atoms with Gasteiger partial charge in [-0.2, -0.15) is 28.1 Å². The van der Waals surface area contributed by atoms with Crippen LogP contribution in [0, 0.1) is 0 Å². The average Bonchev–Trinajstić information content (AvgIpc) is 2.46. The van der Waals surface area contributed by atoms with Crippen LogP contribution in [0.1, 0.15) is 5.56 Å². The molecule has 8 heteroatoms. The van der Waals surface area contributed by atoms with Crippen LogP contribution >= 0.6 is 0 Å². The zero-order valence-electron chi connectivity index (χ0n) is 11.7. The fraction of sp³-hybridized carbons (Fsp3) is 0.308. The number of alkyl halides is 3. The molecule has 0 aliphatic heterocycles. The van der Waals surface area contributed by atoms with Crippen LogP contribution in [0.15, 0.2) is 24.3 Å². The molecule has 0 aliphatic rings. The third-order valence-electron chi connectivity index (χ3n) is 2.72. The van der Waals surface area contributed by atoms with Crippen molar-refractivity contribution in [2.24, 2.45) is 0 Å². The van der Waals surface area contributed by atoms with Gasteiger partial charge in [0.25, 0.3) is 0 Å². The van der Waals surface area contributed by atoms with Crippen molar-refractivity contribution in [2.75, 3.05) is 31.4 Å². The summed E-state index contributed by atoms with van der Waals surface area (Å²) in [5.41, 5.74) is -0.216. The van der Waals surface area contributed by atoms with Crippen LogP contribution in [0.25, 0.3) is 11.4 Å². The Bertz CT molecular complexity index is 623. The first kappa shape index (κ1) is 15.0. The molecule has 0 bridgehead atoms. The van der Waals surface area contributed by atoms with E-state index >= 15 is 0 Å². The Morgan fingerprint density at radius 3 is 2.10 bits per heavy atom. The molecule has 0 fully saturated rings. The summed E-state index contributed by atoms with van der Waals surface area (Å²) in [5, 5.41) is 2.80. The summed E-state index contributed by atoms with van der Waals surface area (Å²) in [6, 6.07) is 4.70. The van der Waals surface area contributed by atoms with E-state index in [0.29, 0.717) is 23.3 Å². The zero-order chi connectivity index (χ0) is 15.6. The molecule has 1 aromatic carbocycles. The highest BCUT2D eigenvalue weighted by molar-refractivity contribution is 5.58. The average molecular weight is 297 g/mol. The molecule has 112 valence electrons. The normalized spacial score (nSPS) is 11.3. The third kappa shape index (κ3) is 3.39. The molecule has 0 unspecified atom stereocenters. The molecule has 1 aromatic heterocycles. The molecule has 0 saturated heterocycles. The van der Waals surface area contributed by atoms with Crippen molar-refractivity contribution in [3.8, 4) is 11.4 Å². The van der Waals surface area contributed by atoms with Gasteiger partial charge in [0.1, 0.15) is 0 Å². The molecule has 21 heavy (non-hydrogen) atoms. The van der Waals surface area contributed by atoms with Gasteiger partial charge >= 0.3 is 6.18 Å². The smallest absolute Gasteiger partial charge is 0.357 e. The summed E-state index contributed by atoms with van der Waals surface area (Å²) in [6.45, 7) is 0. The predicted molar refractivity (Wildman–Crippen MR) is 74.1 cm³/mol. The number of halogens is 3. The maximum absolute atomic E-state index is 12.6. The minimum atomic E-state index is -4.36. The van der Waals surface area contributed by atoms with Crippen molar-refractivity contribution < 1.29 is 13.2 Å². The zero-order valence-corrected chi connectivity index (χ0v) is 11.7.